The molecule has 1 aliphatic carbocycles. The van der Waals surface area contributed by atoms with Crippen LogP contribution in [0.15, 0.2) is 0 Å². The van der Waals surface area contributed by atoms with Crippen molar-refractivity contribution in [2.75, 3.05) is 6.54 Å². The minimum atomic E-state index is -0.827. The molecule has 0 unspecified atom stereocenters. The van der Waals surface area contributed by atoms with Gasteiger partial charge in [-0.1, -0.05) is 0 Å². The Labute approximate surface area is 103 Å². The molecule has 0 heterocycles. The summed E-state index contributed by atoms with van der Waals surface area (Å²) in [7, 11) is 0. The second-order valence-corrected chi connectivity index (χ2v) is 5.92. The molecule has 0 aliphatic heterocycles. The third-order valence-corrected chi connectivity index (χ3v) is 2.92. The van der Waals surface area contributed by atoms with Crippen molar-refractivity contribution in [1.29, 1.82) is 0 Å². The number of nitrogens with one attached hydrogen (secondary N) is 1. The second-order valence-electron chi connectivity index (χ2n) is 5.92. The highest BCUT2D eigenvalue weighted by Gasteiger charge is 2.32. The molecule has 1 rings (SSSR count). The largest absolute Gasteiger partial charge is 0.444 e. The summed E-state index contributed by atoms with van der Waals surface area (Å²) < 4.78 is 5.11. The van der Waals surface area contributed by atoms with Crippen LogP contribution in [-0.4, -0.2) is 35.0 Å². The van der Waals surface area contributed by atoms with E-state index in [1.165, 1.54) is 0 Å². The maximum atomic E-state index is 11.4. The van der Waals surface area contributed by atoms with E-state index in [9.17, 15) is 9.90 Å². The molecule has 17 heavy (non-hydrogen) atoms. The molecule has 1 fully saturated rings. The summed E-state index contributed by atoms with van der Waals surface area (Å²) in [6.07, 6.45) is 2.37. The van der Waals surface area contributed by atoms with Gasteiger partial charge in [-0.2, -0.15) is 0 Å². The quantitative estimate of drug-likeness (QED) is 0.680. The van der Waals surface area contributed by atoms with Gasteiger partial charge in [-0.15, -0.1) is 0 Å². The van der Waals surface area contributed by atoms with Gasteiger partial charge >= 0.3 is 6.09 Å². The highest BCUT2D eigenvalue weighted by atomic mass is 16.6. The normalized spacial score (nSPS) is 29.8. The first-order valence-electron chi connectivity index (χ1n) is 6.15. The summed E-state index contributed by atoms with van der Waals surface area (Å²) in [4.78, 5) is 11.4. The molecule has 0 atom stereocenters. The first kappa shape index (κ1) is 14.3. The van der Waals surface area contributed by atoms with Crippen molar-refractivity contribution in [1.82, 2.24) is 5.32 Å². The van der Waals surface area contributed by atoms with Gasteiger partial charge in [0.1, 0.15) is 5.60 Å². The van der Waals surface area contributed by atoms with E-state index in [4.69, 9.17) is 10.5 Å². The molecular weight excluding hydrogens is 220 g/mol. The van der Waals surface area contributed by atoms with Crippen LogP contribution in [0, 0.1) is 0 Å². The Kier molecular flexibility index (Phi) is 4.38. The molecule has 1 amide bonds. The highest BCUT2D eigenvalue weighted by molar-refractivity contribution is 5.67. The van der Waals surface area contributed by atoms with Crippen LogP contribution in [0.1, 0.15) is 46.5 Å². The van der Waals surface area contributed by atoms with E-state index in [-0.39, 0.29) is 12.6 Å². The van der Waals surface area contributed by atoms with E-state index in [0.717, 1.165) is 12.8 Å². The minimum Gasteiger partial charge on any atom is -0.444 e. The molecule has 100 valence electrons. The average molecular weight is 244 g/mol. The lowest BCUT2D eigenvalue weighted by molar-refractivity contribution is -0.00485. The third kappa shape index (κ3) is 5.37. The zero-order valence-electron chi connectivity index (χ0n) is 11.0. The summed E-state index contributed by atoms with van der Waals surface area (Å²) >= 11 is 0. The fourth-order valence-corrected chi connectivity index (χ4v) is 1.91. The van der Waals surface area contributed by atoms with Crippen LogP contribution in [0.5, 0.6) is 0 Å². The van der Waals surface area contributed by atoms with Crippen LogP contribution in [0.3, 0.4) is 0 Å². The fourth-order valence-electron chi connectivity index (χ4n) is 1.91. The molecule has 4 N–H and O–H groups in total. The lowest BCUT2D eigenvalue weighted by atomic mass is 9.82. The van der Waals surface area contributed by atoms with Crippen molar-refractivity contribution in [3.05, 3.63) is 0 Å². The molecule has 0 aromatic heterocycles. The number of carbonyl (C=O) groups is 1. The monoisotopic (exact) mass is 244 g/mol. The van der Waals surface area contributed by atoms with Crippen molar-refractivity contribution in [3.63, 3.8) is 0 Å². The molecule has 0 radical (unpaired) electrons. The molecule has 1 saturated carbocycles. The van der Waals surface area contributed by atoms with E-state index >= 15 is 0 Å². The number of amides is 1. The number of aliphatic hydroxyl groups is 1. The van der Waals surface area contributed by atoms with Gasteiger partial charge in [-0.25, -0.2) is 4.79 Å². The number of carbonyl (C=O) groups excluding carboxylic acids is 1. The van der Waals surface area contributed by atoms with Gasteiger partial charge in [0, 0.05) is 12.6 Å². The smallest absolute Gasteiger partial charge is 0.407 e. The summed E-state index contributed by atoms with van der Waals surface area (Å²) in [5, 5.41) is 12.8. The first-order chi connectivity index (χ1) is 7.70. The fraction of sp³-hybridized carbons (Fsp3) is 0.917. The lowest BCUT2D eigenvalue weighted by Crippen LogP contribution is -2.48. The Balaban J connectivity index is 2.32. The zero-order chi connectivity index (χ0) is 13.1. The van der Waals surface area contributed by atoms with Crippen LogP contribution in [0.2, 0.25) is 0 Å². The Hall–Kier alpha value is -0.810. The van der Waals surface area contributed by atoms with E-state index < -0.39 is 17.3 Å². The minimum absolute atomic E-state index is 0.178. The SMILES string of the molecule is CC(C)(C)OC(=O)NCC1(O)CCC(N)CC1. The standard InChI is InChI=1S/C12H24N2O3/c1-11(2,3)17-10(15)14-8-12(16)6-4-9(13)5-7-12/h9,16H,4-8,13H2,1-3H3,(H,14,15). The Morgan fingerprint density at radius 2 is 2.00 bits per heavy atom. The van der Waals surface area contributed by atoms with Crippen molar-refractivity contribution in [3.8, 4) is 0 Å². The molecule has 5 heteroatoms. The van der Waals surface area contributed by atoms with Gasteiger partial charge in [-0.05, 0) is 46.5 Å². The van der Waals surface area contributed by atoms with Crippen molar-refractivity contribution >= 4 is 6.09 Å². The number of hydrogen-bond acceptors (Lipinski definition) is 4. The maximum Gasteiger partial charge on any atom is 0.407 e. The predicted octanol–water partition coefficient (Wildman–Crippen LogP) is 1.14. The number of ether oxygens (including phenoxy) is 1. The van der Waals surface area contributed by atoms with Crippen molar-refractivity contribution in [2.24, 2.45) is 5.73 Å². The Morgan fingerprint density at radius 3 is 2.47 bits per heavy atom. The molecule has 5 nitrogen and oxygen atoms in total. The lowest BCUT2D eigenvalue weighted by Gasteiger charge is -2.35. The molecule has 0 saturated heterocycles. The van der Waals surface area contributed by atoms with Gasteiger partial charge in [0.2, 0.25) is 0 Å². The van der Waals surface area contributed by atoms with E-state index in [2.05, 4.69) is 5.32 Å². The molecule has 0 aromatic rings. The first-order valence-corrected chi connectivity index (χ1v) is 6.15. The summed E-state index contributed by atoms with van der Waals surface area (Å²) in [6, 6.07) is 0.178. The van der Waals surface area contributed by atoms with Crippen LogP contribution in [0.25, 0.3) is 0 Å². The molecular formula is C12H24N2O3. The third-order valence-electron chi connectivity index (χ3n) is 2.92. The predicted molar refractivity (Wildman–Crippen MR) is 65.6 cm³/mol. The van der Waals surface area contributed by atoms with Gasteiger partial charge in [0.05, 0.1) is 5.60 Å². The van der Waals surface area contributed by atoms with Gasteiger partial charge < -0.3 is 20.9 Å². The molecule has 0 bridgehead atoms. The number of alkyl carbamates (subject to hydrolysis) is 1. The topological polar surface area (TPSA) is 84.6 Å². The zero-order valence-corrected chi connectivity index (χ0v) is 11.0. The maximum absolute atomic E-state index is 11.4. The van der Waals surface area contributed by atoms with E-state index in [1.54, 1.807) is 20.8 Å². The molecule has 1 aliphatic rings. The summed E-state index contributed by atoms with van der Waals surface area (Å²) in [6.45, 7) is 5.65. The van der Waals surface area contributed by atoms with E-state index in [1.807, 2.05) is 0 Å². The molecule has 0 aromatic carbocycles. The number of hydrogen-bond donors (Lipinski definition) is 3. The van der Waals surface area contributed by atoms with Crippen LogP contribution in [0.4, 0.5) is 4.79 Å². The van der Waals surface area contributed by atoms with E-state index in [0.29, 0.717) is 12.8 Å². The average Bonchev–Trinajstić information content (AvgIpc) is 2.18. The second kappa shape index (κ2) is 5.23. The Bertz CT molecular complexity index is 265. The molecule has 0 spiro atoms. The highest BCUT2D eigenvalue weighted by Crippen LogP contribution is 2.26. The summed E-state index contributed by atoms with van der Waals surface area (Å²) in [5.41, 5.74) is 4.43. The number of rotatable bonds is 2. The van der Waals surface area contributed by atoms with Gasteiger partial charge in [0.25, 0.3) is 0 Å². The van der Waals surface area contributed by atoms with Gasteiger partial charge in [0.15, 0.2) is 0 Å². The van der Waals surface area contributed by atoms with Crippen LogP contribution in [-0.2, 0) is 4.74 Å². The van der Waals surface area contributed by atoms with Crippen molar-refractivity contribution < 1.29 is 14.6 Å². The van der Waals surface area contributed by atoms with Crippen molar-refractivity contribution in [2.45, 2.75) is 63.7 Å². The van der Waals surface area contributed by atoms with Crippen LogP contribution < -0.4 is 11.1 Å². The summed E-state index contributed by atoms with van der Waals surface area (Å²) in [5.74, 6) is 0. The van der Waals surface area contributed by atoms with Crippen LogP contribution >= 0.6 is 0 Å². The Morgan fingerprint density at radius 1 is 1.47 bits per heavy atom. The number of nitrogens with two attached hydrogens (primary N) is 1. The van der Waals surface area contributed by atoms with Gasteiger partial charge in [-0.3, -0.25) is 0 Å².